The van der Waals surface area contributed by atoms with Gasteiger partial charge in [-0.1, -0.05) is 60.7 Å². The molecule has 1 unspecified atom stereocenters. The zero-order chi connectivity index (χ0) is 22.0. The zero-order valence-corrected chi connectivity index (χ0v) is 18.0. The van der Waals surface area contributed by atoms with Crippen molar-refractivity contribution in [1.82, 2.24) is 9.44 Å². The minimum Gasteiger partial charge on any atom is -0.480 e. The monoisotopic (exact) mass is 454 g/mol. The second-order valence-electron chi connectivity index (χ2n) is 6.89. The van der Waals surface area contributed by atoms with E-state index in [1.54, 1.807) is 60.7 Å². The van der Waals surface area contributed by atoms with Gasteiger partial charge in [0, 0.05) is 6.54 Å². The average Bonchev–Trinajstić information content (AvgIpc) is 2.67. The first-order valence-electron chi connectivity index (χ1n) is 9.45. The van der Waals surface area contributed by atoms with Crippen LogP contribution in [0.15, 0.2) is 60.7 Å². The molecule has 2 aromatic carbocycles. The van der Waals surface area contributed by atoms with E-state index >= 15 is 0 Å². The van der Waals surface area contributed by atoms with Gasteiger partial charge < -0.3 is 5.11 Å². The fourth-order valence-corrected chi connectivity index (χ4v) is 5.39. The van der Waals surface area contributed by atoms with E-state index in [0.29, 0.717) is 24.0 Å². The number of hydrogen-bond acceptors (Lipinski definition) is 5. The number of sulfonamides is 2. The van der Waals surface area contributed by atoms with Gasteiger partial charge in [-0.05, 0) is 30.4 Å². The lowest BCUT2D eigenvalue weighted by Crippen LogP contribution is -2.41. The molecular weight excluding hydrogens is 428 g/mol. The van der Waals surface area contributed by atoms with Gasteiger partial charge in [-0.2, -0.15) is 0 Å². The molecule has 0 aliphatic heterocycles. The number of benzene rings is 2. The Bertz CT molecular complexity index is 1010. The summed E-state index contributed by atoms with van der Waals surface area (Å²) in [4.78, 5) is 11.4. The first-order chi connectivity index (χ1) is 14.2. The Hall–Kier alpha value is -2.27. The third-order valence-electron chi connectivity index (χ3n) is 4.26. The topological polar surface area (TPSA) is 130 Å². The second-order valence-corrected chi connectivity index (χ2v) is 10.4. The highest BCUT2D eigenvalue weighted by Gasteiger charge is 2.24. The van der Waals surface area contributed by atoms with Gasteiger partial charge >= 0.3 is 5.97 Å². The highest BCUT2D eigenvalue weighted by atomic mass is 32.2. The lowest BCUT2D eigenvalue weighted by Gasteiger charge is -2.15. The highest BCUT2D eigenvalue weighted by molar-refractivity contribution is 7.89. The molecule has 2 rings (SSSR count). The number of nitrogens with one attached hydrogen (secondary N) is 2. The molecule has 0 saturated carbocycles. The van der Waals surface area contributed by atoms with Gasteiger partial charge in [-0.3, -0.25) is 4.79 Å². The van der Waals surface area contributed by atoms with Crippen LogP contribution in [-0.4, -0.2) is 40.5 Å². The fraction of sp³-hybridized carbons (Fsp3) is 0.350. The Morgan fingerprint density at radius 1 is 0.800 bits per heavy atom. The standard InChI is InChI=1S/C20H26N2O6S2/c23-20(24)19(22-30(27,28)16-18-11-5-2-6-12-18)13-7-8-14-21-29(25,26)15-17-9-3-1-4-10-17/h1-6,9-12,19,21-22H,7-8,13-16H2,(H,23,24). The summed E-state index contributed by atoms with van der Waals surface area (Å²) < 4.78 is 53.3. The Morgan fingerprint density at radius 3 is 1.80 bits per heavy atom. The fourth-order valence-electron chi connectivity index (χ4n) is 2.83. The van der Waals surface area contributed by atoms with Crippen molar-refractivity contribution >= 4 is 26.0 Å². The average molecular weight is 455 g/mol. The van der Waals surface area contributed by atoms with E-state index < -0.39 is 32.1 Å². The molecule has 0 aliphatic carbocycles. The molecule has 0 aliphatic rings. The van der Waals surface area contributed by atoms with Crippen molar-refractivity contribution in [3.63, 3.8) is 0 Å². The van der Waals surface area contributed by atoms with E-state index in [-0.39, 0.29) is 24.5 Å². The van der Waals surface area contributed by atoms with Crippen molar-refractivity contribution in [1.29, 1.82) is 0 Å². The minimum absolute atomic E-state index is 0.0593. The SMILES string of the molecule is O=C(O)C(CCCCNS(=O)(=O)Cc1ccccc1)NS(=O)(=O)Cc1ccccc1. The predicted molar refractivity (Wildman–Crippen MR) is 115 cm³/mol. The van der Waals surface area contributed by atoms with Crippen molar-refractivity contribution < 1.29 is 26.7 Å². The van der Waals surface area contributed by atoms with Crippen LogP contribution in [0.25, 0.3) is 0 Å². The number of hydrogen-bond donors (Lipinski definition) is 3. The molecule has 0 fully saturated rings. The molecule has 164 valence electrons. The number of unbranched alkanes of at least 4 members (excludes halogenated alkanes) is 1. The van der Waals surface area contributed by atoms with Crippen molar-refractivity contribution in [2.45, 2.75) is 36.8 Å². The van der Waals surface area contributed by atoms with Gasteiger partial charge in [-0.15, -0.1) is 0 Å². The van der Waals surface area contributed by atoms with Crippen LogP contribution < -0.4 is 9.44 Å². The van der Waals surface area contributed by atoms with Crippen molar-refractivity contribution in [2.24, 2.45) is 0 Å². The quantitative estimate of drug-likeness (QED) is 0.396. The van der Waals surface area contributed by atoms with E-state index in [1.807, 2.05) is 0 Å². The Balaban J connectivity index is 1.77. The lowest BCUT2D eigenvalue weighted by molar-refractivity contribution is -0.139. The third-order valence-corrected chi connectivity index (χ3v) is 6.97. The van der Waals surface area contributed by atoms with Gasteiger partial charge in [0.2, 0.25) is 20.0 Å². The molecule has 0 radical (unpaired) electrons. The molecule has 0 heterocycles. The van der Waals surface area contributed by atoms with Crippen molar-refractivity contribution in [2.75, 3.05) is 6.54 Å². The van der Waals surface area contributed by atoms with E-state index in [0.717, 1.165) is 0 Å². The maximum absolute atomic E-state index is 12.2. The Morgan fingerprint density at radius 2 is 1.30 bits per heavy atom. The van der Waals surface area contributed by atoms with Crippen LogP contribution in [0.1, 0.15) is 30.4 Å². The molecule has 0 amide bonds. The van der Waals surface area contributed by atoms with Crippen LogP contribution >= 0.6 is 0 Å². The molecule has 0 saturated heterocycles. The molecular formula is C20H26N2O6S2. The predicted octanol–water partition coefficient (Wildman–Crippen LogP) is 1.85. The minimum atomic E-state index is -3.82. The van der Waals surface area contributed by atoms with E-state index in [4.69, 9.17) is 0 Å². The van der Waals surface area contributed by atoms with Gasteiger partial charge in [0.05, 0.1) is 11.5 Å². The lowest BCUT2D eigenvalue weighted by atomic mass is 10.1. The summed E-state index contributed by atoms with van der Waals surface area (Å²) >= 11 is 0. The summed E-state index contributed by atoms with van der Waals surface area (Å²) in [5.41, 5.74) is 1.23. The molecule has 1 atom stereocenters. The number of rotatable bonds is 13. The highest BCUT2D eigenvalue weighted by Crippen LogP contribution is 2.09. The third kappa shape index (κ3) is 9.04. The first kappa shape index (κ1) is 24.0. The number of aliphatic carboxylic acids is 1. The smallest absolute Gasteiger partial charge is 0.321 e. The van der Waals surface area contributed by atoms with Crippen LogP contribution in [-0.2, 0) is 36.3 Å². The van der Waals surface area contributed by atoms with Gasteiger partial charge in [0.15, 0.2) is 0 Å². The van der Waals surface area contributed by atoms with Crippen LogP contribution in [0.4, 0.5) is 0 Å². The molecule has 0 spiro atoms. The van der Waals surface area contributed by atoms with Gasteiger partial charge in [0.25, 0.3) is 0 Å². The zero-order valence-electron chi connectivity index (χ0n) is 16.4. The molecule has 0 aromatic heterocycles. The number of carboxylic acids is 1. The normalized spacial score (nSPS) is 13.1. The summed E-state index contributed by atoms with van der Waals surface area (Å²) in [5, 5.41) is 9.31. The van der Waals surface area contributed by atoms with E-state index in [9.17, 15) is 26.7 Å². The molecule has 2 aromatic rings. The molecule has 8 nitrogen and oxygen atoms in total. The molecule has 10 heteroatoms. The maximum atomic E-state index is 12.2. The summed E-state index contributed by atoms with van der Waals surface area (Å²) in [5.74, 6) is -1.71. The van der Waals surface area contributed by atoms with Gasteiger partial charge in [-0.25, -0.2) is 26.3 Å². The summed E-state index contributed by atoms with van der Waals surface area (Å²) in [6.07, 6.45) is 0.792. The molecule has 0 bridgehead atoms. The van der Waals surface area contributed by atoms with Crippen molar-refractivity contribution in [3.8, 4) is 0 Å². The second kappa shape index (κ2) is 11.2. The first-order valence-corrected chi connectivity index (χ1v) is 12.8. The molecule has 3 N–H and O–H groups in total. The summed E-state index contributed by atoms with van der Waals surface area (Å²) in [7, 11) is -7.31. The van der Waals surface area contributed by atoms with E-state index in [2.05, 4.69) is 9.44 Å². The summed E-state index contributed by atoms with van der Waals surface area (Å²) in [6, 6.07) is 16.0. The Labute approximate surface area is 177 Å². The van der Waals surface area contributed by atoms with Crippen LogP contribution in [0, 0.1) is 0 Å². The van der Waals surface area contributed by atoms with Gasteiger partial charge in [0.1, 0.15) is 6.04 Å². The van der Waals surface area contributed by atoms with Crippen LogP contribution in [0.3, 0.4) is 0 Å². The van der Waals surface area contributed by atoms with E-state index in [1.165, 1.54) is 0 Å². The van der Waals surface area contributed by atoms with Crippen LogP contribution in [0.2, 0.25) is 0 Å². The number of carboxylic acid groups (broad SMARTS) is 1. The largest absolute Gasteiger partial charge is 0.480 e. The molecule has 30 heavy (non-hydrogen) atoms. The summed E-state index contributed by atoms with van der Waals surface area (Å²) in [6.45, 7) is 0.151. The Kier molecular flexibility index (Phi) is 8.97. The van der Waals surface area contributed by atoms with Crippen LogP contribution in [0.5, 0.6) is 0 Å². The number of carbonyl (C=O) groups is 1. The van der Waals surface area contributed by atoms with Crippen molar-refractivity contribution in [3.05, 3.63) is 71.8 Å². The maximum Gasteiger partial charge on any atom is 0.321 e.